The van der Waals surface area contributed by atoms with Crippen LogP contribution >= 0.6 is 0 Å². The maximum atomic E-state index is 11.8. The summed E-state index contributed by atoms with van der Waals surface area (Å²) in [4.78, 5) is 16.1. The van der Waals surface area contributed by atoms with Crippen LogP contribution in [0.2, 0.25) is 0 Å². The predicted molar refractivity (Wildman–Crippen MR) is 93.6 cm³/mol. The summed E-state index contributed by atoms with van der Waals surface area (Å²) in [7, 11) is 0. The van der Waals surface area contributed by atoms with Crippen LogP contribution in [0.25, 0.3) is 5.69 Å². The fraction of sp³-hybridized carbons (Fsp3) is 0.316. The Bertz CT molecular complexity index is 1030. The van der Waals surface area contributed by atoms with Gasteiger partial charge in [0.2, 0.25) is 5.88 Å². The molecule has 3 aromatic rings. The fourth-order valence-electron chi connectivity index (χ4n) is 3.74. The normalized spacial score (nSPS) is 17.1. The number of aryl methyl sites for hydroxylation is 1. The van der Waals surface area contributed by atoms with E-state index < -0.39 is 0 Å². The number of fused-ring (bicyclic) bond motifs is 2. The first kappa shape index (κ1) is 15.3. The van der Waals surface area contributed by atoms with Crippen LogP contribution in [-0.2, 0) is 16.9 Å². The standard InChI is InChI=1S/C19H18N4O3/c1-12-21-22-18(24)23(12)14-4-6-17(20-10-14)26-15-5-3-13-11-25-19(7-2-8-19)16(13)9-15/h3-6,9-10H,2,7-8,11H2,1H3,(H,22,24). The van der Waals surface area contributed by atoms with Gasteiger partial charge in [-0.25, -0.2) is 19.4 Å². The van der Waals surface area contributed by atoms with Crippen molar-refractivity contribution in [3.8, 4) is 17.3 Å². The zero-order valence-corrected chi connectivity index (χ0v) is 14.4. The Balaban J connectivity index is 1.41. The number of hydrogen-bond donors (Lipinski definition) is 1. The summed E-state index contributed by atoms with van der Waals surface area (Å²) in [5, 5.41) is 6.32. The number of rotatable bonds is 3. The monoisotopic (exact) mass is 350 g/mol. The summed E-state index contributed by atoms with van der Waals surface area (Å²) >= 11 is 0. The summed E-state index contributed by atoms with van der Waals surface area (Å²) in [6.45, 7) is 2.44. The number of hydrogen-bond acceptors (Lipinski definition) is 5. The van der Waals surface area contributed by atoms with Gasteiger partial charge in [-0.05, 0) is 55.5 Å². The van der Waals surface area contributed by atoms with Crippen molar-refractivity contribution in [2.45, 2.75) is 38.4 Å². The van der Waals surface area contributed by atoms with Crippen LogP contribution < -0.4 is 10.4 Å². The molecule has 7 nitrogen and oxygen atoms in total. The Hall–Kier alpha value is -2.93. The van der Waals surface area contributed by atoms with Gasteiger partial charge in [-0.3, -0.25) is 0 Å². The van der Waals surface area contributed by atoms with Gasteiger partial charge in [0.25, 0.3) is 0 Å². The number of pyridine rings is 1. The summed E-state index contributed by atoms with van der Waals surface area (Å²) in [5.41, 5.74) is 2.76. The first-order valence-electron chi connectivity index (χ1n) is 8.70. The number of nitrogens with zero attached hydrogens (tertiary/aromatic N) is 3. The number of aromatic nitrogens is 4. The van der Waals surface area contributed by atoms with Gasteiger partial charge in [0, 0.05) is 6.07 Å². The Kier molecular flexibility index (Phi) is 3.27. The van der Waals surface area contributed by atoms with E-state index in [1.54, 1.807) is 25.3 Å². The van der Waals surface area contributed by atoms with Gasteiger partial charge in [0.15, 0.2) is 0 Å². The first-order chi connectivity index (χ1) is 12.6. The molecule has 0 bridgehead atoms. The first-order valence-corrected chi connectivity index (χ1v) is 8.70. The quantitative estimate of drug-likeness (QED) is 0.785. The van der Waals surface area contributed by atoms with Gasteiger partial charge in [-0.1, -0.05) is 6.07 Å². The third-order valence-electron chi connectivity index (χ3n) is 5.28. The van der Waals surface area contributed by atoms with Crippen molar-refractivity contribution in [1.29, 1.82) is 0 Å². The van der Waals surface area contributed by atoms with Crippen LogP contribution in [0.4, 0.5) is 0 Å². The number of ether oxygens (including phenoxy) is 2. The maximum Gasteiger partial charge on any atom is 0.347 e. The lowest BCUT2D eigenvalue weighted by atomic mass is 9.75. The Morgan fingerprint density at radius 1 is 1.27 bits per heavy atom. The number of H-pyrrole nitrogens is 1. The number of aromatic amines is 1. The highest BCUT2D eigenvalue weighted by molar-refractivity contribution is 5.44. The van der Waals surface area contributed by atoms with E-state index in [1.165, 1.54) is 22.1 Å². The second-order valence-electron chi connectivity index (χ2n) is 6.82. The van der Waals surface area contributed by atoms with Crippen molar-refractivity contribution >= 4 is 0 Å². The second kappa shape index (κ2) is 5.54. The lowest BCUT2D eigenvalue weighted by molar-refractivity contribution is -0.0944. The highest BCUT2D eigenvalue weighted by Crippen LogP contribution is 2.51. The molecule has 0 atom stereocenters. The van der Waals surface area contributed by atoms with Crippen molar-refractivity contribution in [3.05, 3.63) is 64.0 Å². The molecule has 1 aromatic carbocycles. The Labute approximate surface area is 149 Å². The molecule has 0 amide bonds. The molecule has 1 aliphatic heterocycles. The van der Waals surface area contributed by atoms with E-state index in [9.17, 15) is 4.79 Å². The molecular weight excluding hydrogens is 332 g/mol. The minimum atomic E-state index is -0.289. The van der Waals surface area contributed by atoms with Crippen molar-refractivity contribution < 1.29 is 9.47 Å². The molecule has 0 saturated heterocycles. The lowest BCUT2D eigenvalue weighted by Gasteiger charge is -2.38. The van der Waals surface area contributed by atoms with E-state index in [0.29, 0.717) is 24.0 Å². The minimum absolute atomic E-state index is 0.0913. The van der Waals surface area contributed by atoms with Gasteiger partial charge in [-0.2, -0.15) is 5.10 Å². The Morgan fingerprint density at radius 2 is 2.15 bits per heavy atom. The molecule has 132 valence electrons. The van der Waals surface area contributed by atoms with Crippen LogP contribution in [-0.4, -0.2) is 19.7 Å². The highest BCUT2D eigenvalue weighted by atomic mass is 16.5. The molecule has 1 N–H and O–H groups in total. The van der Waals surface area contributed by atoms with Crippen LogP contribution in [0.3, 0.4) is 0 Å². The summed E-state index contributed by atoms with van der Waals surface area (Å²) in [6.07, 6.45) is 4.97. The SMILES string of the molecule is Cc1n[nH]c(=O)n1-c1ccc(Oc2ccc3c(c2)C2(CCC2)OC3)nc1. The van der Waals surface area contributed by atoms with Gasteiger partial charge >= 0.3 is 5.69 Å². The molecule has 0 radical (unpaired) electrons. The van der Waals surface area contributed by atoms with Crippen LogP contribution in [0.15, 0.2) is 41.3 Å². The topological polar surface area (TPSA) is 82.0 Å². The molecule has 5 rings (SSSR count). The third-order valence-corrected chi connectivity index (χ3v) is 5.28. The summed E-state index contributed by atoms with van der Waals surface area (Å²) in [5.74, 6) is 1.80. The van der Waals surface area contributed by atoms with Crippen LogP contribution in [0, 0.1) is 6.92 Å². The van der Waals surface area contributed by atoms with Crippen molar-refractivity contribution in [3.63, 3.8) is 0 Å². The average Bonchev–Trinajstić information content (AvgIpc) is 3.16. The molecular formula is C19H18N4O3. The molecule has 1 fully saturated rings. The van der Waals surface area contributed by atoms with Gasteiger partial charge < -0.3 is 9.47 Å². The Morgan fingerprint density at radius 3 is 2.81 bits per heavy atom. The number of benzene rings is 1. The van der Waals surface area contributed by atoms with Gasteiger partial charge in [0.1, 0.15) is 11.6 Å². The number of nitrogens with one attached hydrogen (secondary N) is 1. The van der Waals surface area contributed by atoms with E-state index in [1.807, 2.05) is 6.07 Å². The predicted octanol–water partition coefficient (Wildman–Crippen LogP) is 2.97. The van der Waals surface area contributed by atoms with Crippen LogP contribution in [0.1, 0.15) is 36.2 Å². The second-order valence-corrected chi connectivity index (χ2v) is 6.82. The van der Waals surface area contributed by atoms with E-state index in [4.69, 9.17) is 9.47 Å². The van der Waals surface area contributed by atoms with Crippen molar-refractivity contribution in [2.75, 3.05) is 0 Å². The third kappa shape index (κ3) is 2.28. The molecule has 7 heteroatoms. The molecule has 26 heavy (non-hydrogen) atoms. The largest absolute Gasteiger partial charge is 0.439 e. The molecule has 2 aliphatic rings. The zero-order chi connectivity index (χ0) is 17.7. The van der Waals surface area contributed by atoms with E-state index in [0.717, 1.165) is 18.6 Å². The van der Waals surface area contributed by atoms with E-state index >= 15 is 0 Å². The molecule has 0 unspecified atom stereocenters. The highest BCUT2D eigenvalue weighted by Gasteiger charge is 2.45. The van der Waals surface area contributed by atoms with E-state index in [2.05, 4.69) is 27.3 Å². The molecule has 1 spiro atoms. The average molecular weight is 350 g/mol. The van der Waals surface area contributed by atoms with Crippen LogP contribution in [0.5, 0.6) is 11.6 Å². The molecule has 2 aromatic heterocycles. The molecule has 3 heterocycles. The van der Waals surface area contributed by atoms with Crippen molar-refractivity contribution in [2.24, 2.45) is 0 Å². The molecule has 1 saturated carbocycles. The van der Waals surface area contributed by atoms with E-state index in [-0.39, 0.29) is 11.3 Å². The zero-order valence-electron chi connectivity index (χ0n) is 14.4. The van der Waals surface area contributed by atoms with Gasteiger partial charge in [0.05, 0.1) is 24.1 Å². The maximum absolute atomic E-state index is 11.8. The van der Waals surface area contributed by atoms with Gasteiger partial charge in [-0.15, -0.1) is 0 Å². The minimum Gasteiger partial charge on any atom is -0.439 e. The lowest BCUT2D eigenvalue weighted by Crippen LogP contribution is -2.33. The molecule has 1 aliphatic carbocycles. The summed E-state index contributed by atoms with van der Waals surface area (Å²) in [6, 6.07) is 9.62. The fourth-order valence-corrected chi connectivity index (χ4v) is 3.74. The smallest absolute Gasteiger partial charge is 0.347 e. The van der Waals surface area contributed by atoms with Crippen molar-refractivity contribution in [1.82, 2.24) is 19.7 Å². The summed E-state index contributed by atoms with van der Waals surface area (Å²) < 4.78 is 13.4.